The Balaban J connectivity index is 1.49. The zero-order chi connectivity index (χ0) is 75.5. The SMILES string of the molecule is CC[C@H](C)[C@@H]([C@@H](CC(=O)N1CCC[C@H]1[C@H](OC)[C@@H](C)C(=O)N[C@H](C)[C@@H](O)c1ccccc1)OC)N(C)C(=O)[C@@H](CC(=O)C(C(C)C)N(C)C(=O)COCCOCCNC(=O)OCc1ccc(NC(=O)[C@H](CCCNC(N)=O)CC(=O)[C@@H](NC(=O)CCCCCC(=O)CN)C(C)C)cc1)C(C)C. The van der Waals surface area contributed by atoms with Crippen LogP contribution in [0.4, 0.5) is 15.3 Å². The number of ketones is 3. The molecule has 0 spiro atoms. The molecule has 3 rings (SSSR count). The van der Waals surface area contributed by atoms with E-state index in [0.717, 1.165) is 0 Å². The van der Waals surface area contributed by atoms with Gasteiger partial charge in [0.15, 0.2) is 11.6 Å². The van der Waals surface area contributed by atoms with Crippen molar-refractivity contribution in [3.8, 4) is 0 Å². The summed E-state index contributed by atoms with van der Waals surface area (Å²) >= 11 is 0. The second-order valence-electron chi connectivity index (χ2n) is 27.7. The molecule has 1 saturated heterocycles. The first-order valence-corrected chi connectivity index (χ1v) is 35.9. The highest BCUT2D eigenvalue weighted by Gasteiger charge is 2.44. The molecule has 0 aliphatic carbocycles. The molecule has 2 aromatic carbocycles. The molecule has 27 heteroatoms. The summed E-state index contributed by atoms with van der Waals surface area (Å²) in [5.41, 5.74) is 12.3. The van der Waals surface area contributed by atoms with Gasteiger partial charge in [0.25, 0.3) is 0 Å². The number of methoxy groups -OCH3 is 2. The molecular formula is C74H120N10O17. The Morgan fingerprint density at radius 1 is 0.703 bits per heavy atom. The highest BCUT2D eigenvalue weighted by molar-refractivity contribution is 5.98. The van der Waals surface area contributed by atoms with Crippen LogP contribution in [0.5, 0.6) is 0 Å². The highest BCUT2D eigenvalue weighted by atomic mass is 16.6. The zero-order valence-electron chi connectivity index (χ0n) is 62.4. The Labute approximate surface area is 598 Å². The number of Topliss-reactive ketones (excluding diaryl/α,β-unsaturated/α-hetero) is 3. The number of amides is 9. The fraction of sp³-hybridized carbons (Fsp3) is 0.689. The molecular weight excluding hydrogens is 1300 g/mol. The molecule has 0 radical (unpaired) electrons. The summed E-state index contributed by atoms with van der Waals surface area (Å²) < 4.78 is 28.7. The third-order valence-electron chi connectivity index (χ3n) is 19.0. The van der Waals surface area contributed by atoms with Crippen LogP contribution < -0.4 is 38.1 Å². The summed E-state index contributed by atoms with van der Waals surface area (Å²) in [4.78, 5) is 151. The maximum absolute atomic E-state index is 14.8. The minimum Gasteiger partial charge on any atom is -0.445 e. The number of nitrogens with zero attached hydrogens (tertiary/aromatic N) is 3. The molecule has 1 aliphatic heterocycles. The standard InChI is InChI=1S/C74H120N10O17/c1-15-49(8)67(61(97-13)42-63(89)84-36-23-28-58(84)69(98-14)50(9)70(92)79-51(10)68(91)53-24-18-16-19-25-53)83(12)72(94)57(46(2)3)41-60(87)66(48(6)7)82(11)64(90)45-100-39-38-99-37-35-78-74(96)101-44-52-30-32-55(33-31-52)80-71(93)54(26-22-34-77-73(76)95)40-59(86)65(47(4)5)81-62(88)29-21-17-20-27-56(85)43-75/h16,18-19,24-25,30-33,46-51,54,57-58,61,65-69,91H,15,17,20-23,26-29,34-45,75H2,1-14H3,(H,78,96)(H,79,92)(H,80,93)(H,81,88)(H3,76,77,95)/t49-,50+,51+,54+,57-,58-,61+,65-,66?,67-,68+,69+/m0/s1. The first kappa shape index (κ1) is 87.8. The predicted molar refractivity (Wildman–Crippen MR) is 383 cm³/mol. The maximum atomic E-state index is 14.8. The first-order chi connectivity index (χ1) is 47.9. The number of unbranched alkanes of at least 4 members (excludes halogenated alkanes) is 2. The average Bonchev–Trinajstić information content (AvgIpc) is 1.80. The summed E-state index contributed by atoms with van der Waals surface area (Å²) in [5.74, 6) is -5.90. The number of benzene rings is 2. The molecule has 27 nitrogen and oxygen atoms in total. The average molecular weight is 1420 g/mol. The number of ether oxygens (including phenoxy) is 5. The quantitative estimate of drug-likeness (QED) is 0.0332. The second kappa shape index (κ2) is 46.2. The Morgan fingerprint density at radius 2 is 1.37 bits per heavy atom. The number of carbonyl (C=O) groups excluding carboxylic acids is 11. The predicted octanol–water partition coefficient (Wildman–Crippen LogP) is 6.40. The molecule has 568 valence electrons. The molecule has 9 amide bonds. The van der Waals surface area contributed by atoms with Gasteiger partial charge in [0.05, 0.1) is 87.2 Å². The van der Waals surface area contributed by atoms with Crippen molar-refractivity contribution < 1.29 is 81.5 Å². The van der Waals surface area contributed by atoms with Crippen molar-refractivity contribution in [1.82, 2.24) is 36.0 Å². The van der Waals surface area contributed by atoms with Gasteiger partial charge in [0, 0.05) is 91.2 Å². The highest BCUT2D eigenvalue weighted by Crippen LogP contribution is 2.32. The lowest BCUT2D eigenvalue weighted by Crippen LogP contribution is -2.55. The lowest BCUT2D eigenvalue weighted by molar-refractivity contribution is -0.150. The van der Waals surface area contributed by atoms with E-state index in [1.807, 2.05) is 59.7 Å². The van der Waals surface area contributed by atoms with Crippen LogP contribution in [-0.4, -0.2) is 208 Å². The molecule has 10 N–H and O–H groups in total. The van der Waals surface area contributed by atoms with Crippen molar-refractivity contribution in [2.45, 2.75) is 208 Å². The van der Waals surface area contributed by atoms with Crippen LogP contribution in [0.3, 0.4) is 0 Å². The van der Waals surface area contributed by atoms with E-state index in [1.165, 1.54) is 26.2 Å². The van der Waals surface area contributed by atoms with Crippen molar-refractivity contribution in [2.24, 2.45) is 52.9 Å². The minimum atomic E-state index is -0.929. The maximum Gasteiger partial charge on any atom is 0.407 e. The van der Waals surface area contributed by atoms with Crippen LogP contribution in [-0.2, 0) is 73.4 Å². The van der Waals surface area contributed by atoms with Crippen LogP contribution in [0.1, 0.15) is 170 Å². The van der Waals surface area contributed by atoms with Gasteiger partial charge in [-0.25, -0.2) is 9.59 Å². The van der Waals surface area contributed by atoms with Gasteiger partial charge in [0.1, 0.15) is 19.0 Å². The molecule has 1 unspecified atom stereocenters. The zero-order valence-corrected chi connectivity index (χ0v) is 62.4. The number of urea groups is 1. The van der Waals surface area contributed by atoms with E-state index in [1.54, 1.807) is 80.9 Å². The molecule has 101 heavy (non-hydrogen) atoms. The molecule has 2 aromatic rings. The molecule has 0 saturated carbocycles. The molecule has 1 aliphatic rings. The molecule has 12 atom stereocenters. The van der Waals surface area contributed by atoms with Crippen LogP contribution in [0.2, 0.25) is 0 Å². The Hall–Kier alpha value is -7.43. The van der Waals surface area contributed by atoms with E-state index >= 15 is 0 Å². The summed E-state index contributed by atoms with van der Waals surface area (Å²) in [6, 6.07) is 11.6. The number of likely N-dealkylation sites (N-methyl/N-ethyl adjacent to an activating group) is 2. The molecule has 1 fully saturated rings. The lowest BCUT2D eigenvalue weighted by atomic mass is 9.83. The number of hydrogen-bond acceptors (Lipinski definition) is 18. The van der Waals surface area contributed by atoms with Gasteiger partial charge in [-0.2, -0.15) is 0 Å². The number of primary amides is 1. The number of nitrogens with one attached hydrogen (secondary N) is 5. The number of aliphatic hydroxyl groups is 1. The Bertz CT molecular complexity index is 2920. The van der Waals surface area contributed by atoms with Gasteiger partial charge in [-0.15, -0.1) is 0 Å². The minimum absolute atomic E-state index is 0.0177. The smallest absolute Gasteiger partial charge is 0.407 e. The van der Waals surface area contributed by atoms with Crippen LogP contribution >= 0.6 is 0 Å². The van der Waals surface area contributed by atoms with Crippen molar-refractivity contribution in [2.75, 3.05) is 86.2 Å². The van der Waals surface area contributed by atoms with Crippen molar-refractivity contribution in [1.29, 1.82) is 0 Å². The number of nitrogens with two attached hydrogens (primary N) is 2. The third-order valence-corrected chi connectivity index (χ3v) is 19.0. The fourth-order valence-electron chi connectivity index (χ4n) is 12.9. The molecule has 1 heterocycles. The number of likely N-dealkylation sites (tertiary alicyclic amines) is 1. The lowest BCUT2D eigenvalue weighted by Gasteiger charge is -2.41. The Kier molecular flexibility index (Phi) is 40.2. The number of alkyl carbamates (subject to hydrolysis) is 1. The second-order valence-corrected chi connectivity index (χ2v) is 27.7. The summed E-state index contributed by atoms with van der Waals surface area (Å²) in [5, 5.41) is 24.7. The van der Waals surface area contributed by atoms with Gasteiger partial charge in [-0.1, -0.05) is 118 Å². The molecule has 0 bridgehead atoms. The number of anilines is 1. The van der Waals surface area contributed by atoms with Gasteiger partial charge in [-0.05, 0) is 92.4 Å². The number of rotatable bonds is 49. The number of hydrogen-bond donors (Lipinski definition) is 8. The summed E-state index contributed by atoms with van der Waals surface area (Å²) in [7, 11) is 6.27. The van der Waals surface area contributed by atoms with Crippen LogP contribution in [0.25, 0.3) is 0 Å². The van der Waals surface area contributed by atoms with E-state index in [2.05, 4.69) is 26.6 Å². The van der Waals surface area contributed by atoms with Crippen LogP contribution in [0.15, 0.2) is 54.6 Å². The van der Waals surface area contributed by atoms with Crippen LogP contribution in [0, 0.1) is 41.4 Å². The van der Waals surface area contributed by atoms with E-state index in [-0.39, 0.29) is 149 Å². The third kappa shape index (κ3) is 29.8. The van der Waals surface area contributed by atoms with Gasteiger partial charge >= 0.3 is 12.1 Å². The van der Waals surface area contributed by atoms with E-state index in [4.69, 9.17) is 35.2 Å². The first-order valence-electron chi connectivity index (χ1n) is 35.9. The van der Waals surface area contributed by atoms with E-state index < -0.39 is 90.2 Å². The van der Waals surface area contributed by atoms with Crippen molar-refractivity contribution in [3.63, 3.8) is 0 Å². The monoisotopic (exact) mass is 1420 g/mol. The van der Waals surface area contributed by atoms with E-state index in [0.29, 0.717) is 74.7 Å². The largest absolute Gasteiger partial charge is 0.445 e. The number of carbonyl (C=O) groups is 11. The summed E-state index contributed by atoms with van der Waals surface area (Å²) in [6.45, 7) is 19.0. The topological polar surface area (TPSA) is 376 Å². The van der Waals surface area contributed by atoms with E-state index in [9.17, 15) is 57.8 Å². The van der Waals surface area contributed by atoms with Gasteiger partial charge < -0.3 is 81.5 Å². The molecule has 0 aromatic heterocycles. The normalized spacial score (nSPS) is 16.3. The number of aliphatic hydroxyl groups excluding tert-OH is 1. The van der Waals surface area contributed by atoms with Crippen molar-refractivity contribution in [3.05, 3.63) is 65.7 Å². The van der Waals surface area contributed by atoms with Gasteiger partial charge in [-0.3, -0.25) is 43.2 Å². The van der Waals surface area contributed by atoms with Gasteiger partial charge in [0.2, 0.25) is 35.4 Å². The Morgan fingerprint density at radius 3 is 1.97 bits per heavy atom. The van der Waals surface area contributed by atoms with Crippen molar-refractivity contribution >= 4 is 70.6 Å². The summed E-state index contributed by atoms with van der Waals surface area (Å²) in [6.07, 6.45) is 1.48. The fourth-order valence-corrected chi connectivity index (χ4v) is 12.9.